The van der Waals surface area contributed by atoms with Crippen molar-refractivity contribution in [3.8, 4) is 6.07 Å². The summed E-state index contributed by atoms with van der Waals surface area (Å²) in [7, 11) is 0. The average molecular weight is 152 g/mol. The maximum absolute atomic E-state index is 10.2. The number of hydrogen-bond donors (Lipinski definition) is 0. The Balaban J connectivity index is 0. The maximum Gasteiger partial charge on any atom is 1.00 e. The zero-order valence-electron chi connectivity index (χ0n) is 5.68. The molecule has 0 saturated carbocycles. The van der Waals surface area contributed by atoms with E-state index in [1.165, 1.54) is 0 Å². The molecule has 0 N–H and O–H groups in total. The van der Waals surface area contributed by atoms with Crippen LogP contribution in [0.1, 0.15) is 13.3 Å². The molecule has 44 valence electrons. The van der Waals surface area contributed by atoms with Crippen LogP contribution in [0.5, 0.6) is 0 Å². The van der Waals surface area contributed by atoms with Crippen molar-refractivity contribution < 1.29 is 60.9 Å². The van der Waals surface area contributed by atoms with Gasteiger partial charge in [0, 0.05) is 0 Å². The Morgan fingerprint density at radius 1 is 1.78 bits per heavy atom. The molecule has 0 aliphatic rings. The standard InChI is InChI=1S/C5H7NO2.K/c1-2-8-5(7)3-4-6;/h2-3H2,1H3;/q;+1. The molecule has 9 heavy (non-hydrogen) atoms. The van der Waals surface area contributed by atoms with Crippen molar-refractivity contribution >= 4 is 5.97 Å². The van der Waals surface area contributed by atoms with Crippen LogP contribution < -0.4 is 51.4 Å². The van der Waals surface area contributed by atoms with Crippen LogP contribution in [0.3, 0.4) is 0 Å². The van der Waals surface area contributed by atoms with Gasteiger partial charge in [0.25, 0.3) is 0 Å². The summed E-state index contributed by atoms with van der Waals surface area (Å²) in [5.41, 5.74) is 0. The van der Waals surface area contributed by atoms with Gasteiger partial charge in [0.2, 0.25) is 0 Å². The minimum Gasteiger partial charge on any atom is -0.465 e. The van der Waals surface area contributed by atoms with Crippen molar-refractivity contribution in [3.63, 3.8) is 0 Å². The largest absolute Gasteiger partial charge is 1.00 e. The molecule has 0 saturated heterocycles. The van der Waals surface area contributed by atoms with Gasteiger partial charge >= 0.3 is 57.4 Å². The van der Waals surface area contributed by atoms with Crippen LogP contribution in [-0.2, 0) is 9.53 Å². The fourth-order valence-electron chi connectivity index (χ4n) is 0.277. The SMILES string of the molecule is CCOC(=O)CC#N.[K+]. The Hall–Kier alpha value is 0.596. The van der Waals surface area contributed by atoms with Gasteiger partial charge < -0.3 is 4.74 Å². The van der Waals surface area contributed by atoms with E-state index in [1.54, 1.807) is 13.0 Å². The second kappa shape index (κ2) is 8.60. The minimum atomic E-state index is -0.449. The van der Waals surface area contributed by atoms with Gasteiger partial charge in [-0.15, -0.1) is 0 Å². The molecular formula is C5H7KNO2+. The number of nitriles is 1. The van der Waals surface area contributed by atoms with Gasteiger partial charge in [-0.25, -0.2) is 0 Å². The average Bonchev–Trinajstić information content (AvgIpc) is 1.68. The minimum absolute atomic E-state index is 0. The molecular weight excluding hydrogens is 145 g/mol. The van der Waals surface area contributed by atoms with Gasteiger partial charge in [-0.05, 0) is 6.92 Å². The first kappa shape index (κ1) is 12.3. The van der Waals surface area contributed by atoms with Crippen molar-refractivity contribution in [1.82, 2.24) is 0 Å². The van der Waals surface area contributed by atoms with E-state index in [-0.39, 0.29) is 57.8 Å². The third kappa shape index (κ3) is 8.60. The van der Waals surface area contributed by atoms with Crippen LogP contribution in [0.15, 0.2) is 0 Å². The summed E-state index contributed by atoms with van der Waals surface area (Å²) in [6, 6.07) is 1.68. The third-order valence-electron chi connectivity index (χ3n) is 0.529. The monoisotopic (exact) mass is 152 g/mol. The molecule has 0 unspecified atom stereocenters. The summed E-state index contributed by atoms with van der Waals surface area (Å²) >= 11 is 0. The zero-order valence-corrected chi connectivity index (χ0v) is 8.80. The van der Waals surface area contributed by atoms with Gasteiger partial charge in [-0.1, -0.05) is 0 Å². The molecule has 0 rings (SSSR count). The molecule has 0 aromatic carbocycles. The molecule has 0 heterocycles. The van der Waals surface area contributed by atoms with Crippen molar-refractivity contribution in [1.29, 1.82) is 5.26 Å². The van der Waals surface area contributed by atoms with Crippen molar-refractivity contribution in [2.75, 3.05) is 6.61 Å². The van der Waals surface area contributed by atoms with Crippen LogP contribution >= 0.6 is 0 Å². The van der Waals surface area contributed by atoms with Crippen LogP contribution in [0.25, 0.3) is 0 Å². The molecule has 3 nitrogen and oxygen atoms in total. The molecule has 0 aliphatic carbocycles. The van der Waals surface area contributed by atoms with E-state index in [2.05, 4.69) is 4.74 Å². The predicted molar refractivity (Wildman–Crippen MR) is 26.9 cm³/mol. The van der Waals surface area contributed by atoms with E-state index < -0.39 is 5.97 Å². The maximum atomic E-state index is 10.2. The summed E-state index contributed by atoms with van der Waals surface area (Å²) in [5.74, 6) is -0.449. The van der Waals surface area contributed by atoms with Crippen LogP contribution in [0, 0.1) is 11.3 Å². The first-order valence-corrected chi connectivity index (χ1v) is 2.33. The molecule has 0 bridgehead atoms. The second-order valence-corrected chi connectivity index (χ2v) is 1.14. The van der Waals surface area contributed by atoms with Gasteiger partial charge in [-0.2, -0.15) is 5.26 Å². The Morgan fingerprint density at radius 3 is 2.67 bits per heavy atom. The Labute approximate surface area is 96.8 Å². The predicted octanol–water partition coefficient (Wildman–Crippen LogP) is -2.53. The number of ether oxygens (including phenoxy) is 1. The zero-order chi connectivity index (χ0) is 6.41. The second-order valence-electron chi connectivity index (χ2n) is 1.14. The normalized spacial score (nSPS) is 6.67. The van der Waals surface area contributed by atoms with Gasteiger partial charge in [0.1, 0.15) is 6.42 Å². The number of hydrogen-bond acceptors (Lipinski definition) is 3. The van der Waals surface area contributed by atoms with Gasteiger partial charge in [0.15, 0.2) is 0 Å². The number of carbonyl (C=O) groups excluding carboxylic acids is 1. The molecule has 0 radical (unpaired) electrons. The summed E-state index contributed by atoms with van der Waals surface area (Å²) < 4.78 is 4.42. The van der Waals surface area contributed by atoms with Crippen molar-refractivity contribution in [2.24, 2.45) is 0 Å². The summed E-state index contributed by atoms with van der Waals surface area (Å²) in [6.45, 7) is 2.05. The fraction of sp³-hybridized carbons (Fsp3) is 0.600. The molecule has 0 atom stereocenters. The number of nitrogens with zero attached hydrogens (tertiary/aromatic N) is 1. The Bertz CT molecular complexity index is 119. The number of esters is 1. The quantitative estimate of drug-likeness (QED) is 0.324. The van der Waals surface area contributed by atoms with E-state index in [9.17, 15) is 4.79 Å². The fourth-order valence-corrected chi connectivity index (χ4v) is 0.277. The van der Waals surface area contributed by atoms with Crippen molar-refractivity contribution in [3.05, 3.63) is 0 Å². The smallest absolute Gasteiger partial charge is 0.465 e. The molecule has 0 fully saturated rings. The molecule has 0 aliphatic heterocycles. The number of rotatable bonds is 2. The summed E-state index contributed by atoms with van der Waals surface area (Å²) in [5, 5.41) is 7.91. The number of carbonyl (C=O) groups is 1. The topological polar surface area (TPSA) is 50.1 Å². The van der Waals surface area contributed by atoms with Crippen LogP contribution in [-0.4, -0.2) is 12.6 Å². The van der Waals surface area contributed by atoms with E-state index in [4.69, 9.17) is 5.26 Å². The van der Waals surface area contributed by atoms with E-state index in [0.717, 1.165) is 0 Å². The van der Waals surface area contributed by atoms with E-state index in [1.807, 2.05) is 0 Å². The first-order chi connectivity index (χ1) is 3.81. The van der Waals surface area contributed by atoms with Gasteiger partial charge in [0.05, 0.1) is 12.7 Å². The van der Waals surface area contributed by atoms with Crippen LogP contribution in [0.2, 0.25) is 0 Å². The first-order valence-electron chi connectivity index (χ1n) is 2.33. The molecule has 0 spiro atoms. The van der Waals surface area contributed by atoms with E-state index in [0.29, 0.717) is 6.61 Å². The summed E-state index contributed by atoms with van der Waals surface area (Å²) in [4.78, 5) is 10.2. The van der Waals surface area contributed by atoms with Crippen molar-refractivity contribution in [2.45, 2.75) is 13.3 Å². The van der Waals surface area contributed by atoms with Crippen LogP contribution in [0.4, 0.5) is 0 Å². The molecule has 0 amide bonds. The van der Waals surface area contributed by atoms with Gasteiger partial charge in [-0.3, -0.25) is 4.79 Å². The Morgan fingerprint density at radius 2 is 2.33 bits per heavy atom. The molecule has 0 aromatic rings. The van der Waals surface area contributed by atoms with E-state index >= 15 is 0 Å². The molecule has 4 heteroatoms. The Kier molecular flexibility index (Phi) is 11.7. The summed E-state index contributed by atoms with van der Waals surface area (Å²) in [6.07, 6.45) is -0.145. The third-order valence-corrected chi connectivity index (χ3v) is 0.529. The molecule has 0 aromatic heterocycles.